The van der Waals surface area contributed by atoms with E-state index in [1.165, 1.54) is 11.1 Å². The summed E-state index contributed by atoms with van der Waals surface area (Å²) in [5.74, 6) is -0.706. The van der Waals surface area contributed by atoms with Crippen LogP contribution in [0, 0.1) is 6.92 Å². The standard InChI is InChI=1S/C14H19NO2/c1-11-5-3-6-12(9-11)10-15-8-4-7-14(15,2)13(16)17/h3,5-6,9H,4,7-8,10H2,1-2H3,(H,16,17). The van der Waals surface area contributed by atoms with Crippen LogP contribution >= 0.6 is 0 Å². The number of nitrogens with zero attached hydrogens (tertiary/aromatic N) is 1. The second kappa shape index (κ2) is 4.49. The van der Waals surface area contributed by atoms with Gasteiger partial charge in [-0.3, -0.25) is 9.69 Å². The molecule has 17 heavy (non-hydrogen) atoms. The zero-order chi connectivity index (χ0) is 12.5. The third kappa shape index (κ3) is 2.34. The molecular weight excluding hydrogens is 214 g/mol. The summed E-state index contributed by atoms with van der Waals surface area (Å²) in [6, 6.07) is 8.27. The lowest BCUT2D eigenvalue weighted by Crippen LogP contribution is -2.47. The van der Waals surface area contributed by atoms with Crippen LogP contribution in [0.1, 0.15) is 30.9 Å². The second-order valence-corrected chi connectivity index (χ2v) is 5.09. The molecule has 0 bridgehead atoms. The Kier molecular flexibility index (Phi) is 3.20. The highest BCUT2D eigenvalue weighted by atomic mass is 16.4. The van der Waals surface area contributed by atoms with Gasteiger partial charge in [-0.15, -0.1) is 0 Å². The highest BCUT2D eigenvalue weighted by Crippen LogP contribution is 2.30. The molecular formula is C14H19NO2. The van der Waals surface area contributed by atoms with Gasteiger partial charge in [-0.2, -0.15) is 0 Å². The maximum absolute atomic E-state index is 11.3. The van der Waals surface area contributed by atoms with Crippen molar-refractivity contribution in [1.29, 1.82) is 0 Å². The van der Waals surface area contributed by atoms with Crippen molar-refractivity contribution in [1.82, 2.24) is 4.90 Å². The summed E-state index contributed by atoms with van der Waals surface area (Å²) < 4.78 is 0. The quantitative estimate of drug-likeness (QED) is 0.871. The molecule has 3 nitrogen and oxygen atoms in total. The maximum atomic E-state index is 11.3. The number of aliphatic carboxylic acids is 1. The molecule has 0 aliphatic carbocycles. The van der Waals surface area contributed by atoms with E-state index in [9.17, 15) is 9.90 Å². The first-order chi connectivity index (χ1) is 8.02. The molecule has 1 fully saturated rings. The van der Waals surface area contributed by atoms with Gasteiger partial charge in [-0.1, -0.05) is 29.8 Å². The number of hydrogen-bond acceptors (Lipinski definition) is 2. The number of hydrogen-bond donors (Lipinski definition) is 1. The molecule has 3 heteroatoms. The van der Waals surface area contributed by atoms with Crippen LogP contribution in [0.15, 0.2) is 24.3 Å². The van der Waals surface area contributed by atoms with Crippen molar-refractivity contribution in [3.05, 3.63) is 35.4 Å². The number of carboxylic acids is 1. The van der Waals surface area contributed by atoms with E-state index in [0.29, 0.717) is 0 Å². The summed E-state index contributed by atoms with van der Waals surface area (Å²) in [6.45, 7) is 5.49. The summed E-state index contributed by atoms with van der Waals surface area (Å²) in [5, 5.41) is 9.33. The topological polar surface area (TPSA) is 40.5 Å². The molecule has 1 unspecified atom stereocenters. The molecule has 1 aliphatic heterocycles. The van der Waals surface area contributed by atoms with Crippen LogP contribution in [0.25, 0.3) is 0 Å². The van der Waals surface area contributed by atoms with E-state index in [4.69, 9.17) is 0 Å². The molecule has 1 saturated heterocycles. The smallest absolute Gasteiger partial charge is 0.323 e. The van der Waals surface area contributed by atoms with Crippen molar-refractivity contribution in [3.63, 3.8) is 0 Å². The highest BCUT2D eigenvalue weighted by molar-refractivity contribution is 5.78. The fourth-order valence-corrected chi connectivity index (χ4v) is 2.55. The number of carbonyl (C=O) groups is 1. The van der Waals surface area contributed by atoms with Gasteiger partial charge in [0.05, 0.1) is 0 Å². The first-order valence-electron chi connectivity index (χ1n) is 6.06. The lowest BCUT2D eigenvalue weighted by molar-refractivity contribution is -0.148. The van der Waals surface area contributed by atoms with Gasteiger partial charge in [0.25, 0.3) is 0 Å². The first-order valence-corrected chi connectivity index (χ1v) is 6.06. The van der Waals surface area contributed by atoms with Crippen LogP contribution in [-0.4, -0.2) is 28.1 Å². The van der Waals surface area contributed by atoms with E-state index in [2.05, 4.69) is 30.0 Å². The van der Waals surface area contributed by atoms with Gasteiger partial charge >= 0.3 is 5.97 Å². The molecule has 0 amide bonds. The molecule has 1 N–H and O–H groups in total. The Morgan fingerprint density at radius 1 is 1.53 bits per heavy atom. The van der Waals surface area contributed by atoms with Crippen molar-refractivity contribution in [3.8, 4) is 0 Å². The Labute approximate surface area is 102 Å². The normalized spacial score (nSPS) is 25.1. The Hall–Kier alpha value is -1.35. The number of aryl methyl sites for hydroxylation is 1. The van der Waals surface area contributed by atoms with Crippen LogP contribution in [0.2, 0.25) is 0 Å². The summed E-state index contributed by atoms with van der Waals surface area (Å²) in [4.78, 5) is 13.4. The average Bonchev–Trinajstić information content (AvgIpc) is 2.62. The van der Waals surface area contributed by atoms with Crippen LogP contribution in [-0.2, 0) is 11.3 Å². The first kappa shape index (κ1) is 12.1. The van der Waals surface area contributed by atoms with Crippen molar-refractivity contribution in [2.24, 2.45) is 0 Å². The van der Waals surface area contributed by atoms with Crippen molar-refractivity contribution < 1.29 is 9.90 Å². The molecule has 1 aromatic rings. The molecule has 1 heterocycles. The fraction of sp³-hybridized carbons (Fsp3) is 0.500. The minimum Gasteiger partial charge on any atom is -0.480 e. The largest absolute Gasteiger partial charge is 0.480 e. The number of carboxylic acid groups (broad SMARTS) is 1. The van der Waals surface area contributed by atoms with E-state index in [1.54, 1.807) is 0 Å². The van der Waals surface area contributed by atoms with Gasteiger partial charge in [0.2, 0.25) is 0 Å². The Balaban J connectivity index is 2.16. The maximum Gasteiger partial charge on any atom is 0.323 e. The van der Waals surface area contributed by atoms with E-state index in [1.807, 2.05) is 13.0 Å². The summed E-state index contributed by atoms with van der Waals surface area (Å²) >= 11 is 0. The summed E-state index contributed by atoms with van der Waals surface area (Å²) in [6.07, 6.45) is 1.71. The molecule has 92 valence electrons. The number of benzene rings is 1. The van der Waals surface area contributed by atoms with Crippen molar-refractivity contribution in [2.75, 3.05) is 6.54 Å². The van der Waals surface area contributed by atoms with Crippen LogP contribution in [0.5, 0.6) is 0 Å². The highest BCUT2D eigenvalue weighted by Gasteiger charge is 2.42. The minimum atomic E-state index is -0.706. The van der Waals surface area contributed by atoms with Gasteiger partial charge in [-0.05, 0) is 38.8 Å². The molecule has 1 aromatic carbocycles. The van der Waals surface area contributed by atoms with E-state index < -0.39 is 11.5 Å². The third-order valence-corrected chi connectivity index (χ3v) is 3.71. The van der Waals surface area contributed by atoms with Crippen molar-refractivity contribution in [2.45, 2.75) is 38.8 Å². The zero-order valence-corrected chi connectivity index (χ0v) is 10.4. The molecule has 0 saturated carbocycles. The van der Waals surface area contributed by atoms with Gasteiger partial charge in [-0.25, -0.2) is 0 Å². The van der Waals surface area contributed by atoms with Crippen LogP contribution < -0.4 is 0 Å². The molecule has 1 atom stereocenters. The lowest BCUT2D eigenvalue weighted by atomic mass is 9.98. The van der Waals surface area contributed by atoms with E-state index in [0.717, 1.165) is 25.9 Å². The zero-order valence-electron chi connectivity index (χ0n) is 10.4. The Morgan fingerprint density at radius 2 is 2.29 bits per heavy atom. The molecule has 1 aliphatic rings. The summed E-state index contributed by atoms with van der Waals surface area (Å²) in [5.41, 5.74) is 1.72. The SMILES string of the molecule is Cc1cccc(CN2CCCC2(C)C(=O)O)c1. The Bertz CT molecular complexity index is 430. The molecule has 0 spiro atoms. The van der Waals surface area contributed by atoms with E-state index >= 15 is 0 Å². The molecule has 0 radical (unpaired) electrons. The summed E-state index contributed by atoms with van der Waals surface area (Å²) in [7, 11) is 0. The van der Waals surface area contributed by atoms with Gasteiger partial charge in [0, 0.05) is 6.54 Å². The average molecular weight is 233 g/mol. The number of likely N-dealkylation sites (tertiary alicyclic amines) is 1. The van der Waals surface area contributed by atoms with Crippen LogP contribution in [0.4, 0.5) is 0 Å². The molecule has 0 aromatic heterocycles. The van der Waals surface area contributed by atoms with Crippen molar-refractivity contribution >= 4 is 5.97 Å². The van der Waals surface area contributed by atoms with Gasteiger partial charge in [0.1, 0.15) is 5.54 Å². The molecule has 2 rings (SSSR count). The monoisotopic (exact) mass is 233 g/mol. The van der Waals surface area contributed by atoms with Gasteiger partial charge in [0.15, 0.2) is 0 Å². The predicted octanol–water partition coefficient (Wildman–Crippen LogP) is 2.43. The van der Waals surface area contributed by atoms with Crippen LogP contribution in [0.3, 0.4) is 0 Å². The Morgan fingerprint density at radius 3 is 2.94 bits per heavy atom. The van der Waals surface area contributed by atoms with E-state index in [-0.39, 0.29) is 0 Å². The fourth-order valence-electron chi connectivity index (χ4n) is 2.55. The number of rotatable bonds is 3. The predicted molar refractivity (Wildman–Crippen MR) is 66.9 cm³/mol. The second-order valence-electron chi connectivity index (χ2n) is 5.09. The third-order valence-electron chi connectivity index (χ3n) is 3.71. The lowest BCUT2D eigenvalue weighted by Gasteiger charge is -2.31. The van der Waals surface area contributed by atoms with Gasteiger partial charge < -0.3 is 5.11 Å². The minimum absolute atomic E-state index is 0.691.